The smallest absolute Gasteiger partial charge is 0.336 e. The molecule has 0 radical (unpaired) electrons. The van der Waals surface area contributed by atoms with E-state index in [1.807, 2.05) is 30.3 Å². The van der Waals surface area contributed by atoms with Gasteiger partial charge in [-0.25, -0.2) is 4.79 Å². The Kier molecular flexibility index (Phi) is 4.80. The highest BCUT2D eigenvalue weighted by Gasteiger charge is 2.21. The number of carboxylic acid groups (broad SMARTS) is 1. The van der Waals surface area contributed by atoms with Crippen LogP contribution < -0.4 is 4.74 Å². The summed E-state index contributed by atoms with van der Waals surface area (Å²) in [5, 5.41) is 20.5. The molecule has 3 aromatic rings. The standard InChI is InChI=1S/C23H17ClO4/c24-17-7-9-18(20(12-17)23(26)27)15-6-8-19-21(11-15)28-13-16(22(19)25)10-14-4-2-1-3-5-14/h1-9,11-12,25H,10,13H2,(H,26,27). The van der Waals surface area contributed by atoms with E-state index in [0.717, 1.165) is 11.1 Å². The van der Waals surface area contributed by atoms with E-state index >= 15 is 0 Å². The van der Waals surface area contributed by atoms with E-state index in [9.17, 15) is 15.0 Å². The maximum Gasteiger partial charge on any atom is 0.336 e. The predicted molar refractivity (Wildman–Crippen MR) is 109 cm³/mol. The Morgan fingerprint density at radius 2 is 1.75 bits per heavy atom. The lowest BCUT2D eigenvalue weighted by Gasteiger charge is -2.22. The molecule has 4 rings (SSSR count). The number of hydrogen-bond acceptors (Lipinski definition) is 3. The summed E-state index contributed by atoms with van der Waals surface area (Å²) in [7, 11) is 0. The average molecular weight is 393 g/mol. The van der Waals surface area contributed by atoms with Gasteiger partial charge in [-0.1, -0.05) is 54.1 Å². The van der Waals surface area contributed by atoms with Gasteiger partial charge in [-0.05, 0) is 41.0 Å². The Morgan fingerprint density at radius 3 is 2.50 bits per heavy atom. The zero-order valence-corrected chi connectivity index (χ0v) is 15.6. The normalized spacial score (nSPS) is 13.0. The molecule has 0 aromatic heterocycles. The van der Waals surface area contributed by atoms with E-state index in [4.69, 9.17) is 16.3 Å². The number of aliphatic hydroxyl groups is 1. The average Bonchev–Trinajstić information content (AvgIpc) is 2.70. The first kappa shape index (κ1) is 18.1. The molecular formula is C23H17ClO4. The molecule has 0 amide bonds. The van der Waals surface area contributed by atoms with Gasteiger partial charge in [-0.2, -0.15) is 0 Å². The molecule has 28 heavy (non-hydrogen) atoms. The van der Waals surface area contributed by atoms with E-state index in [-0.39, 0.29) is 17.9 Å². The zero-order chi connectivity index (χ0) is 19.7. The highest BCUT2D eigenvalue weighted by Crippen LogP contribution is 2.37. The monoisotopic (exact) mass is 392 g/mol. The Bertz CT molecular complexity index is 1090. The lowest BCUT2D eigenvalue weighted by Crippen LogP contribution is -2.13. The van der Waals surface area contributed by atoms with Crippen LogP contribution >= 0.6 is 11.6 Å². The topological polar surface area (TPSA) is 66.8 Å². The fraction of sp³-hybridized carbons (Fsp3) is 0.0870. The SMILES string of the molecule is O=C(O)c1cc(Cl)ccc1-c1ccc2c(c1)OCC(Cc1ccccc1)=C2O. The van der Waals surface area contributed by atoms with Crippen LogP contribution in [0, 0.1) is 0 Å². The van der Waals surface area contributed by atoms with Crippen molar-refractivity contribution < 1.29 is 19.7 Å². The number of aliphatic hydroxyl groups excluding tert-OH is 1. The highest BCUT2D eigenvalue weighted by molar-refractivity contribution is 6.31. The van der Waals surface area contributed by atoms with Crippen molar-refractivity contribution in [1.29, 1.82) is 0 Å². The van der Waals surface area contributed by atoms with Gasteiger partial charge in [-0.3, -0.25) is 0 Å². The third-order valence-electron chi connectivity index (χ3n) is 4.76. The van der Waals surface area contributed by atoms with Crippen molar-refractivity contribution in [2.45, 2.75) is 6.42 Å². The Labute approximate surface area is 167 Å². The molecule has 140 valence electrons. The lowest BCUT2D eigenvalue weighted by molar-refractivity contribution is 0.0697. The Balaban J connectivity index is 1.71. The molecule has 1 heterocycles. The van der Waals surface area contributed by atoms with E-state index in [1.165, 1.54) is 6.07 Å². The lowest BCUT2D eigenvalue weighted by atomic mass is 9.95. The molecule has 0 spiro atoms. The van der Waals surface area contributed by atoms with Gasteiger partial charge in [-0.15, -0.1) is 0 Å². The first-order valence-electron chi connectivity index (χ1n) is 8.78. The van der Waals surface area contributed by atoms with Crippen molar-refractivity contribution in [3.8, 4) is 16.9 Å². The molecule has 1 aliphatic rings. The second-order valence-electron chi connectivity index (χ2n) is 6.61. The molecule has 0 fully saturated rings. The quantitative estimate of drug-likeness (QED) is 0.605. The van der Waals surface area contributed by atoms with Crippen LogP contribution in [-0.2, 0) is 6.42 Å². The summed E-state index contributed by atoms with van der Waals surface area (Å²) in [6.07, 6.45) is 0.605. The minimum absolute atomic E-state index is 0.118. The fourth-order valence-electron chi connectivity index (χ4n) is 3.35. The summed E-state index contributed by atoms with van der Waals surface area (Å²) in [4.78, 5) is 11.6. The molecular weight excluding hydrogens is 376 g/mol. The molecule has 0 unspecified atom stereocenters. The third kappa shape index (κ3) is 3.47. The summed E-state index contributed by atoms with van der Waals surface area (Å²) in [5.41, 5.74) is 3.86. The Morgan fingerprint density at radius 1 is 1.00 bits per heavy atom. The summed E-state index contributed by atoms with van der Waals surface area (Å²) < 4.78 is 5.87. The largest absolute Gasteiger partial charge is 0.507 e. The molecule has 0 saturated heterocycles. The number of ether oxygens (including phenoxy) is 1. The number of fused-ring (bicyclic) bond motifs is 1. The number of carbonyl (C=O) groups is 1. The van der Waals surface area contributed by atoms with Gasteiger partial charge in [0.15, 0.2) is 0 Å². The predicted octanol–water partition coefficient (Wildman–Crippen LogP) is 5.61. The summed E-state index contributed by atoms with van der Waals surface area (Å²) in [6.45, 7) is 0.281. The van der Waals surface area contributed by atoms with Crippen molar-refractivity contribution >= 4 is 23.3 Å². The number of halogens is 1. The summed E-state index contributed by atoms with van der Waals surface area (Å²) >= 11 is 5.94. The minimum atomic E-state index is -1.05. The third-order valence-corrected chi connectivity index (χ3v) is 4.99. The number of benzene rings is 3. The summed E-state index contributed by atoms with van der Waals surface area (Å²) in [5.74, 6) is -0.312. The van der Waals surface area contributed by atoms with Crippen LogP contribution in [0.2, 0.25) is 5.02 Å². The maximum absolute atomic E-state index is 11.6. The van der Waals surface area contributed by atoms with Crippen LogP contribution in [0.4, 0.5) is 0 Å². The first-order valence-corrected chi connectivity index (χ1v) is 9.16. The van der Waals surface area contributed by atoms with Crippen LogP contribution in [0.3, 0.4) is 0 Å². The number of hydrogen-bond donors (Lipinski definition) is 2. The van der Waals surface area contributed by atoms with Gasteiger partial charge in [0.1, 0.15) is 18.1 Å². The maximum atomic E-state index is 11.6. The highest BCUT2D eigenvalue weighted by atomic mass is 35.5. The molecule has 0 aliphatic carbocycles. The van der Waals surface area contributed by atoms with Gasteiger partial charge >= 0.3 is 5.97 Å². The van der Waals surface area contributed by atoms with Gasteiger partial charge in [0.2, 0.25) is 0 Å². The molecule has 0 saturated carbocycles. The number of carboxylic acids is 1. The van der Waals surface area contributed by atoms with Crippen LogP contribution in [0.5, 0.6) is 5.75 Å². The van der Waals surface area contributed by atoms with Gasteiger partial charge < -0.3 is 14.9 Å². The number of aromatic carboxylic acids is 1. The zero-order valence-electron chi connectivity index (χ0n) is 14.9. The number of rotatable bonds is 4. The molecule has 1 aliphatic heterocycles. The molecule has 4 nitrogen and oxygen atoms in total. The summed E-state index contributed by atoms with van der Waals surface area (Å²) in [6, 6.07) is 19.9. The van der Waals surface area contributed by atoms with E-state index < -0.39 is 5.97 Å². The van der Waals surface area contributed by atoms with Crippen molar-refractivity contribution in [2.75, 3.05) is 6.61 Å². The van der Waals surface area contributed by atoms with Crippen molar-refractivity contribution in [3.05, 3.63) is 94.0 Å². The van der Waals surface area contributed by atoms with Crippen LogP contribution in [0.15, 0.2) is 72.3 Å². The molecule has 5 heteroatoms. The molecule has 0 bridgehead atoms. The molecule has 3 aromatic carbocycles. The van der Waals surface area contributed by atoms with E-state index in [2.05, 4.69) is 0 Å². The first-order chi connectivity index (χ1) is 13.5. The second-order valence-corrected chi connectivity index (χ2v) is 7.05. The van der Waals surface area contributed by atoms with Crippen LogP contribution in [0.25, 0.3) is 16.9 Å². The van der Waals surface area contributed by atoms with Crippen LogP contribution in [-0.4, -0.2) is 22.8 Å². The van der Waals surface area contributed by atoms with Crippen molar-refractivity contribution in [2.24, 2.45) is 0 Å². The molecule has 2 N–H and O–H groups in total. The van der Waals surface area contributed by atoms with Gasteiger partial charge in [0.25, 0.3) is 0 Å². The fourth-order valence-corrected chi connectivity index (χ4v) is 3.52. The van der Waals surface area contributed by atoms with Gasteiger partial charge in [0, 0.05) is 17.0 Å². The van der Waals surface area contributed by atoms with E-state index in [0.29, 0.717) is 33.9 Å². The molecule has 0 atom stereocenters. The van der Waals surface area contributed by atoms with Crippen molar-refractivity contribution in [1.82, 2.24) is 0 Å². The Hall–Kier alpha value is -3.24. The minimum Gasteiger partial charge on any atom is -0.507 e. The van der Waals surface area contributed by atoms with Gasteiger partial charge in [0.05, 0.1) is 11.1 Å². The van der Waals surface area contributed by atoms with Crippen molar-refractivity contribution in [3.63, 3.8) is 0 Å². The van der Waals surface area contributed by atoms with Crippen LogP contribution in [0.1, 0.15) is 21.5 Å². The second kappa shape index (κ2) is 7.41. The van der Waals surface area contributed by atoms with E-state index in [1.54, 1.807) is 30.3 Å².